The number of piperazine rings is 1. The summed E-state index contributed by atoms with van der Waals surface area (Å²) in [5.41, 5.74) is 7.01. The number of aromatic amines is 1. The lowest BCUT2D eigenvalue weighted by Crippen LogP contribution is -2.47. The molecule has 0 saturated carbocycles. The van der Waals surface area contributed by atoms with Gasteiger partial charge in [0.1, 0.15) is 0 Å². The van der Waals surface area contributed by atoms with Crippen molar-refractivity contribution in [3.63, 3.8) is 0 Å². The quantitative estimate of drug-likeness (QED) is 0.278. The van der Waals surface area contributed by atoms with E-state index >= 15 is 0 Å². The van der Waals surface area contributed by atoms with Crippen LogP contribution in [0.3, 0.4) is 0 Å². The molecule has 10 heteroatoms. The minimum Gasteiger partial charge on any atom is -0.336 e. The van der Waals surface area contributed by atoms with Gasteiger partial charge in [-0.2, -0.15) is 0 Å². The molecule has 1 aliphatic heterocycles. The van der Waals surface area contributed by atoms with Crippen LogP contribution in [0.2, 0.25) is 0 Å². The average molecular weight is 572 g/mol. The third-order valence-corrected chi connectivity index (χ3v) is 7.92. The Hall–Kier alpha value is -5.48. The highest BCUT2D eigenvalue weighted by Crippen LogP contribution is 2.32. The van der Waals surface area contributed by atoms with Crippen LogP contribution in [0.15, 0.2) is 91.0 Å². The lowest BCUT2D eigenvalue weighted by atomic mass is 10.1. The number of rotatable bonds is 5. The number of hydrogen-bond acceptors (Lipinski definition) is 5. The highest BCUT2D eigenvalue weighted by Gasteiger charge is 2.24. The van der Waals surface area contributed by atoms with E-state index in [9.17, 15) is 14.4 Å². The van der Waals surface area contributed by atoms with Gasteiger partial charge in [-0.05, 0) is 49.5 Å². The molecule has 0 unspecified atom stereocenters. The highest BCUT2D eigenvalue weighted by atomic mass is 16.2. The SMILES string of the molecule is CN1CCN(C(=O)c2ccc3c4cccc(C(=O)Nc5ccccc5)c4n(NC(=O)c4nc5ccccc5[nH]4)c3c2)CC1. The van der Waals surface area contributed by atoms with E-state index in [0.29, 0.717) is 46.5 Å². The lowest BCUT2D eigenvalue weighted by molar-refractivity contribution is 0.0664. The molecule has 4 aromatic carbocycles. The third-order valence-electron chi connectivity index (χ3n) is 7.92. The molecular formula is C33H29N7O3. The number of likely N-dealkylation sites (N-methyl/N-ethyl adjacent to an activating group) is 1. The summed E-state index contributed by atoms with van der Waals surface area (Å²) in [5.74, 6) is -0.749. The Bertz CT molecular complexity index is 1990. The molecule has 2 aromatic heterocycles. The van der Waals surface area contributed by atoms with Gasteiger partial charge in [0, 0.05) is 48.2 Å². The van der Waals surface area contributed by atoms with E-state index in [1.54, 1.807) is 16.8 Å². The molecule has 0 bridgehead atoms. The van der Waals surface area contributed by atoms with E-state index in [1.165, 1.54) is 0 Å². The molecule has 1 saturated heterocycles. The Morgan fingerprint density at radius 1 is 0.791 bits per heavy atom. The average Bonchev–Trinajstić information content (AvgIpc) is 3.61. The summed E-state index contributed by atoms with van der Waals surface area (Å²) in [5, 5.41) is 4.51. The van der Waals surface area contributed by atoms with Crippen molar-refractivity contribution >= 4 is 56.2 Å². The second-order valence-electron chi connectivity index (χ2n) is 10.7. The fraction of sp³-hybridized carbons (Fsp3) is 0.152. The summed E-state index contributed by atoms with van der Waals surface area (Å²) < 4.78 is 1.60. The largest absolute Gasteiger partial charge is 0.336 e. The normalized spacial score (nSPS) is 13.9. The molecule has 0 radical (unpaired) electrons. The number of nitrogens with zero attached hydrogens (tertiary/aromatic N) is 4. The monoisotopic (exact) mass is 571 g/mol. The van der Waals surface area contributed by atoms with Gasteiger partial charge in [0.15, 0.2) is 5.82 Å². The second kappa shape index (κ2) is 10.7. The highest BCUT2D eigenvalue weighted by molar-refractivity contribution is 6.20. The van der Waals surface area contributed by atoms with Gasteiger partial charge in [-0.25, -0.2) is 4.98 Å². The zero-order chi connectivity index (χ0) is 29.5. The first-order valence-electron chi connectivity index (χ1n) is 14.1. The van der Waals surface area contributed by atoms with Crippen molar-refractivity contribution in [2.24, 2.45) is 0 Å². The summed E-state index contributed by atoms with van der Waals surface area (Å²) in [4.78, 5) is 52.3. The summed E-state index contributed by atoms with van der Waals surface area (Å²) in [6.07, 6.45) is 0. The lowest BCUT2D eigenvalue weighted by Gasteiger charge is -2.32. The predicted molar refractivity (Wildman–Crippen MR) is 167 cm³/mol. The first-order valence-corrected chi connectivity index (χ1v) is 14.1. The number of carbonyl (C=O) groups excluding carboxylic acids is 3. The summed E-state index contributed by atoms with van der Waals surface area (Å²) >= 11 is 0. The van der Waals surface area contributed by atoms with Gasteiger partial charge in [-0.15, -0.1) is 0 Å². The predicted octanol–water partition coefficient (Wildman–Crippen LogP) is 4.69. The van der Waals surface area contributed by atoms with Crippen molar-refractivity contribution in [2.75, 3.05) is 44.0 Å². The third kappa shape index (κ3) is 4.87. The number of nitrogens with one attached hydrogen (secondary N) is 3. The fourth-order valence-corrected chi connectivity index (χ4v) is 5.63. The van der Waals surface area contributed by atoms with Crippen LogP contribution in [0.4, 0.5) is 5.69 Å². The maximum absolute atomic E-state index is 13.6. The molecule has 214 valence electrons. The van der Waals surface area contributed by atoms with Gasteiger partial charge in [0.05, 0.1) is 27.6 Å². The van der Waals surface area contributed by atoms with Crippen LogP contribution in [0.5, 0.6) is 0 Å². The number of aromatic nitrogens is 3. The van der Waals surface area contributed by atoms with Crippen molar-refractivity contribution in [1.29, 1.82) is 0 Å². The zero-order valence-electron chi connectivity index (χ0n) is 23.5. The Balaban J connectivity index is 1.35. The number of imidazole rings is 1. The fourth-order valence-electron chi connectivity index (χ4n) is 5.63. The Morgan fingerprint density at radius 3 is 2.35 bits per heavy atom. The number of fused-ring (bicyclic) bond motifs is 4. The van der Waals surface area contributed by atoms with Crippen molar-refractivity contribution in [1.82, 2.24) is 24.4 Å². The number of carbonyl (C=O) groups is 3. The van der Waals surface area contributed by atoms with Crippen LogP contribution in [0, 0.1) is 0 Å². The van der Waals surface area contributed by atoms with Gasteiger partial charge >= 0.3 is 5.91 Å². The Kier molecular flexibility index (Phi) is 6.59. The van der Waals surface area contributed by atoms with Gasteiger partial charge < -0.3 is 20.1 Å². The topological polar surface area (TPSA) is 115 Å². The Morgan fingerprint density at radius 2 is 1.56 bits per heavy atom. The number of amides is 3. The molecule has 3 N–H and O–H groups in total. The summed E-state index contributed by atoms with van der Waals surface area (Å²) in [6.45, 7) is 2.90. The van der Waals surface area contributed by atoms with E-state index in [-0.39, 0.29) is 17.6 Å². The smallest absolute Gasteiger partial charge is 0.305 e. The maximum Gasteiger partial charge on any atom is 0.305 e. The first kappa shape index (κ1) is 26.4. The van der Waals surface area contributed by atoms with Crippen molar-refractivity contribution < 1.29 is 14.4 Å². The van der Waals surface area contributed by atoms with Crippen LogP contribution >= 0.6 is 0 Å². The number of anilines is 1. The molecule has 43 heavy (non-hydrogen) atoms. The first-order chi connectivity index (χ1) is 21.0. The minimum absolute atomic E-state index is 0.0718. The van der Waals surface area contributed by atoms with Crippen molar-refractivity contribution in [3.05, 3.63) is 108 Å². The molecule has 0 spiro atoms. The van der Waals surface area contributed by atoms with Crippen LogP contribution in [-0.4, -0.2) is 75.4 Å². The molecule has 6 aromatic rings. The number of benzene rings is 4. The van der Waals surface area contributed by atoms with Gasteiger partial charge in [-0.1, -0.05) is 48.5 Å². The van der Waals surface area contributed by atoms with E-state index in [1.807, 2.05) is 90.8 Å². The Labute approximate surface area is 246 Å². The van der Waals surface area contributed by atoms with E-state index in [2.05, 4.69) is 25.6 Å². The molecular weight excluding hydrogens is 542 g/mol. The van der Waals surface area contributed by atoms with E-state index in [4.69, 9.17) is 0 Å². The maximum atomic E-state index is 13.6. The molecule has 3 heterocycles. The number of hydrogen-bond donors (Lipinski definition) is 3. The molecule has 0 atom stereocenters. The van der Waals surface area contributed by atoms with Gasteiger partial charge in [0.25, 0.3) is 11.8 Å². The summed E-state index contributed by atoms with van der Waals surface area (Å²) in [6, 6.07) is 27.5. The molecule has 10 nitrogen and oxygen atoms in total. The molecule has 3 amide bonds. The molecule has 1 aliphatic rings. The second-order valence-corrected chi connectivity index (χ2v) is 10.7. The molecule has 0 aliphatic carbocycles. The van der Waals surface area contributed by atoms with Gasteiger partial charge in [0.2, 0.25) is 0 Å². The van der Waals surface area contributed by atoms with E-state index in [0.717, 1.165) is 29.4 Å². The number of para-hydroxylation sites is 4. The van der Waals surface area contributed by atoms with Crippen LogP contribution in [-0.2, 0) is 0 Å². The number of H-pyrrole nitrogens is 1. The zero-order valence-corrected chi connectivity index (χ0v) is 23.5. The molecule has 1 fully saturated rings. The van der Waals surface area contributed by atoms with Crippen molar-refractivity contribution in [3.8, 4) is 0 Å². The van der Waals surface area contributed by atoms with E-state index < -0.39 is 5.91 Å². The van der Waals surface area contributed by atoms with Crippen LogP contribution in [0.25, 0.3) is 32.8 Å². The van der Waals surface area contributed by atoms with Crippen LogP contribution < -0.4 is 10.7 Å². The van der Waals surface area contributed by atoms with Crippen molar-refractivity contribution in [2.45, 2.75) is 0 Å². The minimum atomic E-state index is -0.482. The standard InChI is InChI=1S/C33H29N7O3/c1-38-16-18-39(19-17-38)33(43)21-14-15-23-24-10-7-11-25(31(41)34-22-8-3-2-4-9-22)29(24)40(28(23)20-21)37-32(42)30-35-26-12-5-6-13-27(26)36-30/h2-15,20H,16-19H2,1H3,(H,34,41)(H,35,36)(H,37,42). The van der Waals surface area contributed by atoms with Crippen LogP contribution in [0.1, 0.15) is 31.3 Å². The van der Waals surface area contributed by atoms with Gasteiger partial charge in [-0.3, -0.25) is 24.5 Å². The summed E-state index contributed by atoms with van der Waals surface area (Å²) in [7, 11) is 2.04. The molecule has 7 rings (SSSR count).